The van der Waals surface area contributed by atoms with Gasteiger partial charge in [0.1, 0.15) is 12.0 Å². The van der Waals surface area contributed by atoms with Gasteiger partial charge in [0.25, 0.3) is 0 Å². The van der Waals surface area contributed by atoms with Gasteiger partial charge in [-0.2, -0.15) is 0 Å². The second-order valence-electron chi connectivity index (χ2n) is 14.6. The highest BCUT2D eigenvalue weighted by Crippen LogP contribution is 2.44. The normalized spacial score (nSPS) is 14.5. The summed E-state index contributed by atoms with van der Waals surface area (Å²) in [4.78, 5) is 10.4. The predicted octanol–water partition coefficient (Wildman–Crippen LogP) is 13.7. The molecule has 0 radical (unpaired) electrons. The molecule has 0 amide bonds. The van der Waals surface area contributed by atoms with Crippen molar-refractivity contribution in [2.75, 3.05) is 0 Å². The minimum Gasteiger partial charge on any atom is -0.344 e. The Morgan fingerprint density at radius 1 is 0.456 bits per heavy atom. The zero-order valence-electron chi connectivity index (χ0n) is 30.6. The number of hydrogen-bond donors (Lipinski definition) is 1. The molecule has 6 heteroatoms. The van der Waals surface area contributed by atoms with Crippen molar-refractivity contribution in [2.24, 2.45) is 9.98 Å². The molecule has 12 rings (SSSR count). The van der Waals surface area contributed by atoms with E-state index < -0.39 is 0 Å². The average molecular weight is 765 g/mol. The Bertz CT molecular complexity index is 3390. The minimum atomic E-state index is -0.245. The van der Waals surface area contributed by atoms with Crippen LogP contribution in [0, 0.1) is 0 Å². The Morgan fingerprint density at radius 2 is 1.04 bits per heavy atom. The van der Waals surface area contributed by atoms with E-state index in [0.29, 0.717) is 0 Å². The van der Waals surface area contributed by atoms with E-state index in [2.05, 4.69) is 180 Å². The molecule has 0 spiro atoms. The van der Waals surface area contributed by atoms with Crippen molar-refractivity contribution in [1.29, 1.82) is 0 Å². The zero-order chi connectivity index (χ0) is 37.5. The van der Waals surface area contributed by atoms with Crippen molar-refractivity contribution in [3.05, 3.63) is 199 Å². The summed E-state index contributed by atoms with van der Waals surface area (Å²) < 4.78 is 7.46. The van der Waals surface area contributed by atoms with Gasteiger partial charge >= 0.3 is 0 Å². The van der Waals surface area contributed by atoms with Crippen LogP contribution in [0.25, 0.3) is 79.0 Å². The molecule has 4 heterocycles. The SMILES string of the molecule is c1ccc(C2=NC(c3cccc4c3sc3cc(-c5cccc6c5sc5cc(-n7c8ccccc8c8ccccc87)ccc56)ccc34)=NC(c3ccccc3)N2)cc1. The van der Waals surface area contributed by atoms with Crippen molar-refractivity contribution in [2.45, 2.75) is 6.17 Å². The number of benzene rings is 8. The fourth-order valence-corrected chi connectivity index (χ4v) is 11.1. The van der Waals surface area contributed by atoms with Gasteiger partial charge in [0.2, 0.25) is 0 Å². The van der Waals surface area contributed by atoms with Gasteiger partial charge in [-0.25, -0.2) is 9.98 Å². The zero-order valence-corrected chi connectivity index (χ0v) is 32.2. The first-order chi connectivity index (χ1) is 28.2. The molecule has 0 aliphatic carbocycles. The molecule has 0 bridgehead atoms. The number of aliphatic imine (C=N–C) groups is 2. The molecular weight excluding hydrogens is 733 g/mol. The van der Waals surface area contributed by atoms with E-state index >= 15 is 0 Å². The van der Waals surface area contributed by atoms with E-state index in [1.165, 1.54) is 79.0 Å². The Morgan fingerprint density at radius 3 is 1.75 bits per heavy atom. The van der Waals surface area contributed by atoms with E-state index in [-0.39, 0.29) is 6.17 Å². The number of nitrogens with zero attached hydrogens (tertiary/aromatic N) is 3. The van der Waals surface area contributed by atoms with Crippen LogP contribution in [-0.4, -0.2) is 16.2 Å². The third-order valence-electron chi connectivity index (χ3n) is 11.3. The summed E-state index contributed by atoms with van der Waals surface area (Å²) in [7, 11) is 0. The molecule has 1 aliphatic heterocycles. The Balaban J connectivity index is 0.976. The van der Waals surface area contributed by atoms with Gasteiger partial charge in [-0.15, -0.1) is 22.7 Å². The summed E-state index contributed by atoms with van der Waals surface area (Å²) in [6.45, 7) is 0. The lowest BCUT2D eigenvalue weighted by molar-refractivity contribution is 0.674. The molecule has 11 aromatic rings. The topological polar surface area (TPSA) is 41.7 Å². The first-order valence-corrected chi connectivity index (χ1v) is 20.8. The van der Waals surface area contributed by atoms with Crippen molar-refractivity contribution in [3.63, 3.8) is 0 Å². The first-order valence-electron chi connectivity index (χ1n) is 19.2. The fraction of sp³-hybridized carbons (Fsp3) is 0.0196. The highest BCUT2D eigenvalue weighted by molar-refractivity contribution is 7.27. The van der Waals surface area contributed by atoms with Gasteiger partial charge in [0.05, 0.1) is 11.0 Å². The van der Waals surface area contributed by atoms with Gasteiger partial charge in [0, 0.05) is 67.9 Å². The van der Waals surface area contributed by atoms with Gasteiger partial charge in [-0.3, -0.25) is 0 Å². The first kappa shape index (κ1) is 32.4. The Labute approximate surface area is 336 Å². The van der Waals surface area contributed by atoms with E-state index in [0.717, 1.165) is 28.4 Å². The van der Waals surface area contributed by atoms with Crippen LogP contribution >= 0.6 is 22.7 Å². The lowest BCUT2D eigenvalue weighted by atomic mass is 10.0. The molecule has 268 valence electrons. The van der Waals surface area contributed by atoms with Gasteiger partial charge in [0.15, 0.2) is 5.84 Å². The molecule has 0 fully saturated rings. The number of amidine groups is 2. The molecule has 1 unspecified atom stereocenters. The average Bonchev–Trinajstić information content (AvgIpc) is 3.96. The second-order valence-corrected chi connectivity index (χ2v) is 16.7. The lowest BCUT2D eigenvalue weighted by Crippen LogP contribution is -2.33. The molecule has 1 aliphatic rings. The summed E-state index contributed by atoms with van der Waals surface area (Å²) in [5.74, 6) is 1.57. The molecule has 0 saturated heterocycles. The van der Waals surface area contributed by atoms with E-state index in [4.69, 9.17) is 9.98 Å². The largest absolute Gasteiger partial charge is 0.344 e. The minimum absolute atomic E-state index is 0.245. The summed E-state index contributed by atoms with van der Waals surface area (Å²) in [5.41, 5.74) is 9.32. The molecule has 4 nitrogen and oxygen atoms in total. The van der Waals surface area contributed by atoms with Crippen LogP contribution in [0.4, 0.5) is 0 Å². The summed E-state index contributed by atoms with van der Waals surface area (Å²) >= 11 is 3.71. The molecule has 8 aromatic carbocycles. The summed E-state index contributed by atoms with van der Waals surface area (Å²) in [6.07, 6.45) is -0.245. The van der Waals surface area contributed by atoms with Crippen LogP contribution in [0.3, 0.4) is 0 Å². The number of nitrogens with one attached hydrogen (secondary N) is 1. The van der Waals surface area contributed by atoms with E-state index in [1.54, 1.807) is 0 Å². The van der Waals surface area contributed by atoms with Crippen LogP contribution in [-0.2, 0) is 0 Å². The molecule has 57 heavy (non-hydrogen) atoms. The smallest absolute Gasteiger partial charge is 0.160 e. The quantitative estimate of drug-likeness (QED) is 0.186. The molecule has 0 saturated carbocycles. The molecule has 1 atom stereocenters. The molecule has 1 N–H and O–H groups in total. The fourth-order valence-electron chi connectivity index (χ4n) is 8.61. The predicted molar refractivity (Wildman–Crippen MR) is 244 cm³/mol. The lowest BCUT2D eigenvalue weighted by Gasteiger charge is -2.23. The van der Waals surface area contributed by atoms with E-state index in [9.17, 15) is 0 Å². The maximum absolute atomic E-state index is 5.22. The second kappa shape index (κ2) is 12.8. The summed E-state index contributed by atoms with van der Waals surface area (Å²) in [6, 6.07) is 65.4. The van der Waals surface area contributed by atoms with Crippen LogP contribution < -0.4 is 5.32 Å². The molecule has 3 aromatic heterocycles. The number of hydrogen-bond acceptors (Lipinski definition) is 5. The van der Waals surface area contributed by atoms with Gasteiger partial charge in [-0.1, -0.05) is 146 Å². The van der Waals surface area contributed by atoms with Gasteiger partial charge < -0.3 is 9.88 Å². The van der Waals surface area contributed by atoms with Crippen LogP contribution in [0.1, 0.15) is 22.9 Å². The van der Waals surface area contributed by atoms with E-state index in [1.807, 2.05) is 34.8 Å². The number of fused-ring (bicyclic) bond motifs is 9. The standard InChI is InChI=1S/C51H32N4S2/c1-3-13-31(14-4-1)49-52-50(32-15-5-2-6-16-32)54-51(53-49)42-22-12-21-41-38-27-25-33(29-45(38)56-48(41)42)35-19-11-20-40-39-28-26-34(30-46(39)57-47(35)40)55-43-23-9-7-17-36(43)37-18-8-10-24-44(37)55/h1-30,49H,(H,52,53,54). The number of thiophene rings is 2. The highest BCUT2D eigenvalue weighted by Gasteiger charge is 2.23. The maximum Gasteiger partial charge on any atom is 0.160 e. The van der Waals surface area contributed by atoms with Gasteiger partial charge in [-0.05, 0) is 53.1 Å². The molecular formula is C51H32N4S2. The Kier molecular flexibility index (Phi) is 7.30. The number of aromatic nitrogens is 1. The maximum atomic E-state index is 5.22. The third-order valence-corrected chi connectivity index (χ3v) is 13.7. The summed E-state index contributed by atoms with van der Waals surface area (Å²) in [5, 5.41) is 11.2. The monoisotopic (exact) mass is 764 g/mol. The third kappa shape index (κ3) is 5.18. The van der Waals surface area contributed by atoms with Crippen LogP contribution in [0.15, 0.2) is 192 Å². The Hall–Kier alpha value is -6.86. The number of rotatable bonds is 5. The van der Waals surface area contributed by atoms with Crippen molar-refractivity contribution >= 4 is 96.5 Å². The number of para-hydroxylation sites is 2. The van der Waals surface area contributed by atoms with Crippen molar-refractivity contribution < 1.29 is 0 Å². The van der Waals surface area contributed by atoms with Crippen LogP contribution in [0.5, 0.6) is 0 Å². The van der Waals surface area contributed by atoms with Crippen molar-refractivity contribution in [3.8, 4) is 16.8 Å². The van der Waals surface area contributed by atoms with Crippen LogP contribution in [0.2, 0.25) is 0 Å². The van der Waals surface area contributed by atoms with Crippen molar-refractivity contribution in [1.82, 2.24) is 9.88 Å². The highest BCUT2D eigenvalue weighted by atomic mass is 32.1.